The van der Waals surface area contributed by atoms with Gasteiger partial charge < -0.3 is 29.9 Å². The van der Waals surface area contributed by atoms with Gasteiger partial charge >= 0.3 is 0 Å². The van der Waals surface area contributed by atoms with Gasteiger partial charge in [0.1, 0.15) is 6.04 Å². The van der Waals surface area contributed by atoms with E-state index in [1.807, 2.05) is 37.3 Å². The lowest BCUT2D eigenvalue weighted by Gasteiger charge is -2.35. The van der Waals surface area contributed by atoms with Crippen molar-refractivity contribution in [3.8, 4) is 11.5 Å². The maximum absolute atomic E-state index is 12.5. The molecule has 1 fully saturated rings. The summed E-state index contributed by atoms with van der Waals surface area (Å²) in [5, 5.41) is 6.25. The lowest BCUT2D eigenvalue weighted by Crippen LogP contribution is -2.46. The molecule has 4 rings (SSSR count). The number of hydrogen-bond acceptors (Lipinski definition) is 6. The number of nitrogens with zero attached hydrogens (tertiary/aromatic N) is 2. The van der Waals surface area contributed by atoms with Crippen LogP contribution in [0.3, 0.4) is 0 Å². The highest BCUT2D eigenvalue weighted by molar-refractivity contribution is 5.84. The van der Waals surface area contributed by atoms with Crippen LogP contribution in [0.4, 0.5) is 11.4 Å². The van der Waals surface area contributed by atoms with Crippen molar-refractivity contribution in [2.45, 2.75) is 26.4 Å². The molecule has 0 aromatic heterocycles. The number of carbonyl (C=O) groups excluding carboxylic acids is 1. The fourth-order valence-electron chi connectivity index (χ4n) is 3.80. The van der Waals surface area contributed by atoms with Crippen LogP contribution in [0.2, 0.25) is 0 Å². The third-order valence-electron chi connectivity index (χ3n) is 5.73. The van der Waals surface area contributed by atoms with Crippen LogP contribution in [0.25, 0.3) is 0 Å². The van der Waals surface area contributed by atoms with E-state index in [2.05, 4.69) is 39.5 Å². The molecule has 1 amide bonds. The summed E-state index contributed by atoms with van der Waals surface area (Å²) in [5.74, 6) is 1.42. The topological polar surface area (TPSA) is 66.1 Å². The van der Waals surface area contributed by atoms with Gasteiger partial charge in [-0.25, -0.2) is 0 Å². The molecule has 7 nitrogen and oxygen atoms in total. The molecule has 7 heteroatoms. The molecule has 2 N–H and O–H groups in total. The average molecular weight is 411 g/mol. The molecule has 0 spiro atoms. The molecule has 2 aliphatic rings. The Labute approximate surface area is 177 Å². The van der Waals surface area contributed by atoms with Crippen LogP contribution in [0.1, 0.15) is 19.4 Å². The second-order valence-electron chi connectivity index (χ2n) is 7.74. The summed E-state index contributed by atoms with van der Waals surface area (Å²) in [5.41, 5.74) is 3.15. The maximum Gasteiger partial charge on any atom is 0.242 e. The van der Waals surface area contributed by atoms with E-state index < -0.39 is 0 Å². The number of hydrogen-bond donors (Lipinski definition) is 2. The monoisotopic (exact) mass is 410 g/mol. The Bertz CT molecular complexity index is 863. The molecule has 2 aliphatic heterocycles. The number of fused-ring (bicyclic) bond motifs is 1. The predicted molar refractivity (Wildman–Crippen MR) is 118 cm³/mol. The maximum atomic E-state index is 12.5. The van der Waals surface area contributed by atoms with E-state index in [-0.39, 0.29) is 18.7 Å². The van der Waals surface area contributed by atoms with Crippen molar-refractivity contribution < 1.29 is 14.3 Å². The Balaban J connectivity index is 1.26. The zero-order valence-corrected chi connectivity index (χ0v) is 17.7. The standard InChI is InChI=1S/C23H30N4O3/c1-3-26-10-12-27(13-11-26)20-7-5-19(6-8-20)25-17(2)23(28)24-15-18-4-9-21-22(14-18)30-16-29-21/h4-9,14,17,25H,3,10-13,15-16H2,1-2H3,(H,24,28)/t17-/m0/s1. The normalized spacial score (nSPS) is 16.9. The number of anilines is 2. The number of piperazine rings is 1. The Hall–Kier alpha value is -2.93. The minimum absolute atomic E-state index is 0.0487. The summed E-state index contributed by atoms with van der Waals surface area (Å²) in [6.07, 6.45) is 0. The number of nitrogens with one attached hydrogen (secondary N) is 2. The highest BCUT2D eigenvalue weighted by atomic mass is 16.7. The summed E-state index contributed by atoms with van der Waals surface area (Å²) in [6.45, 7) is 10.2. The van der Waals surface area contributed by atoms with Crippen LogP contribution in [0.15, 0.2) is 42.5 Å². The Kier molecular flexibility index (Phi) is 6.28. The van der Waals surface area contributed by atoms with Gasteiger partial charge in [0, 0.05) is 44.1 Å². The number of ether oxygens (including phenoxy) is 2. The van der Waals surface area contributed by atoms with Gasteiger partial charge in [-0.1, -0.05) is 13.0 Å². The molecule has 0 bridgehead atoms. The molecular formula is C23H30N4O3. The molecule has 0 radical (unpaired) electrons. The van der Waals surface area contributed by atoms with Gasteiger partial charge in [-0.15, -0.1) is 0 Å². The van der Waals surface area contributed by atoms with Gasteiger partial charge in [0.2, 0.25) is 12.7 Å². The van der Waals surface area contributed by atoms with Crippen molar-refractivity contribution >= 4 is 17.3 Å². The number of carbonyl (C=O) groups is 1. The number of likely N-dealkylation sites (N-methyl/N-ethyl adjacent to an activating group) is 1. The zero-order valence-electron chi connectivity index (χ0n) is 17.7. The fraction of sp³-hybridized carbons (Fsp3) is 0.435. The van der Waals surface area contributed by atoms with Crippen LogP contribution in [0, 0.1) is 0 Å². The highest BCUT2D eigenvalue weighted by Crippen LogP contribution is 2.32. The first-order valence-corrected chi connectivity index (χ1v) is 10.6. The Morgan fingerprint density at radius 1 is 1.03 bits per heavy atom. The first kappa shape index (κ1) is 20.3. The van der Waals surface area contributed by atoms with Gasteiger partial charge in [-0.3, -0.25) is 4.79 Å². The van der Waals surface area contributed by atoms with Crippen LogP contribution < -0.4 is 25.0 Å². The van der Waals surface area contributed by atoms with E-state index in [1.54, 1.807) is 0 Å². The fourth-order valence-corrected chi connectivity index (χ4v) is 3.80. The van der Waals surface area contributed by atoms with Crippen LogP contribution in [-0.4, -0.2) is 56.4 Å². The van der Waals surface area contributed by atoms with Crippen molar-refractivity contribution in [3.63, 3.8) is 0 Å². The minimum Gasteiger partial charge on any atom is -0.454 e. The van der Waals surface area contributed by atoms with Crippen LogP contribution >= 0.6 is 0 Å². The molecule has 2 heterocycles. The molecule has 0 saturated carbocycles. The third-order valence-corrected chi connectivity index (χ3v) is 5.73. The van der Waals surface area contributed by atoms with E-state index >= 15 is 0 Å². The predicted octanol–water partition coefficient (Wildman–Crippen LogP) is 2.67. The number of amides is 1. The van der Waals surface area contributed by atoms with E-state index in [0.717, 1.165) is 55.5 Å². The van der Waals surface area contributed by atoms with Gasteiger partial charge in [0.15, 0.2) is 11.5 Å². The second kappa shape index (κ2) is 9.26. The largest absolute Gasteiger partial charge is 0.454 e. The lowest BCUT2D eigenvalue weighted by atomic mass is 10.2. The molecule has 160 valence electrons. The molecule has 0 unspecified atom stereocenters. The third kappa shape index (κ3) is 4.79. The van der Waals surface area contributed by atoms with Crippen molar-refractivity contribution in [2.24, 2.45) is 0 Å². The van der Waals surface area contributed by atoms with Gasteiger partial charge in [-0.2, -0.15) is 0 Å². The summed E-state index contributed by atoms with van der Waals surface area (Å²) in [6, 6.07) is 13.7. The van der Waals surface area contributed by atoms with Gasteiger partial charge in [-0.05, 0) is 55.4 Å². The molecule has 2 aromatic rings. The van der Waals surface area contributed by atoms with E-state index in [4.69, 9.17) is 9.47 Å². The average Bonchev–Trinajstić information content (AvgIpc) is 3.26. The summed E-state index contributed by atoms with van der Waals surface area (Å²) in [4.78, 5) is 17.4. The van der Waals surface area contributed by atoms with Crippen LogP contribution in [-0.2, 0) is 11.3 Å². The molecule has 1 atom stereocenters. The summed E-state index contributed by atoms with van der Waals surface area (Å²) >= 11 is 0. The van der Waals surface area contributed by atoms with E-state index in [1.165, 1.54) is 5.69 Å². The lowest BCUT2D eigenvalue weighted by molar-refractivity contribution is -0.121. The Morgan fingerprint density at radius 2 is 1.77 bits per heavy atom. The number of rotatable bonds is 7. The first-order chi connectivity index (χ1) is 14.6. The summed E-state index contributed by atoms with van der Waals surface area (Å²) in [7, 11) is 0. The molecule has 30 heavy (non-hydrogen) atoms. The number of benzene rings is 2. The van der Waals surface area contributed by atoms with Crippen molar-refractivity contribution in [2.75, 3.05) is 49.7 Å². The molecule has 0 aliphatic carbocycles. The SMILES string of the molecule is CCN1CCN(c2ccc(N[C@@H](C)C(=O)NCc3ccc4c(c3)OCO4)cc2)CC1. The van der Waals surface area contributed by atoms with Crippen LogP contribution in [0.5, 0.6) is 11.5 Å². The second-order valence-corrected chi connectivity index (χ2v) is 7.74. The van der Waals surface area contributed by atoms with E-state index in [0.29, 0.717) is 6.54 Å². The highest BCUT2D eigenvalue weighted by Gasteiger charge is 2.17. The quantitative estimate of drug-likeness (QED) is 0.732. The smallest absolute Gasteiger partial charge is 0.242 e. The molecular weight excluding hydrogens is 380 g/mol. The van der Waals surface area contributed by atoms with Gasteiger partial charge in [0.05, 0.1) is 0 Å². The molecule has 1 saturated heterocycles. The minimum atomic E-state index is -0.335. The molecule has 2 aromatic carbocycles. The van der Waals surface area contributed by atoms with Crippen molar-refractivity contribution in [3.05, 3.63) is 48.0 Å². The first-order valence-electron chi connectivity index (χ1n) is 10.6. The summed E-state index contributed by atoms with van der Waals surface area (Å²) < 4.78 is 10.7. The van der Waals surface area contributed by atoms with E-state index in [9.17, 15) is 4.79 Å². The zero-order chi connectivity index (χ0) is 20.9. The van der Waals surface area contributed by atoms with Crippen molar-refractivity contribution in [1.82, 2.24) is 10.2 Å². The van der Waals surface area contributed by atoms with Crippen molar-refractivity contribution in [1.29, 1.82) is 0 Å². The van der Waals surface area contributed by atoms with Gasteiger partial charge in [0.25, 0.3) is 0 Å². The Morgan fingerprint density at radius 3 is 2.50 bits per heavy atom.